The predicted octanol–water partition coefficient (Wildman–Crippen LogP) is 3.83. The lowest BCUT2D eigenvalue weighted by molar-refractivity contribution is 0.170. The molecule has 2 aliphatic heterocycles. The summed E-state index contributed by atoms with van der Waals surface area (Å²) in [5.74, 6) is 1.70. The largest absolute Gasteiger partial charge is 0.490 e. The second-order valence-corrected chi connectivity index (χ2v) is 12.2. The van der Waals surface area contributed by atoms with Crippen molar-refractivity contribution >= 4 is 16.0 Å². The minimum atomic E-state index is -3.13. The molecule has 2 saturated heterocycles. The number of benzene rings is 2. The van der Waals surface area contributed by atoms with Gasteiger partial charge >= 0.3 is 0 Å². The van der Waals surface area contributed by atoms with E-state index in [0.29, 0.717) is 13.1 Å². The van der Waals surface area contributed by atoms with E-state index in [4.69, 9.17) is 4.74 Å². The third kappa shape index (κ3) is 6.51. The SMILES string of the molecule is CCc1cnc(N2CCC(Oc3ccc(CN4CCN(S(C)(=O)=O)CC4)cc3-c3ccccc3)CC2)nc1. The van der Waals surface area contributed by atoms with Crippen LogP contribution in [0.5, 0.6) is 5.75 Å². The average Bonchev–Trinajstić information content (AvgIpc) is 2.95. The highest BCUT2D eigenvalue weighted by Gasteiger charge is 2.25. The van der Waals surface area contributed by atoms with E-state index in [1.54, 1.807) is 4.31 Å². The summed E-state index contributed by atoms with van der Waals surface area (Å²) in [6.45, 7) is 7.18. The van der Waals surface area contributed by atoms with Crippen LogP contribution in [0.3, 0.4) is 0 Å². The molecule has 202 valence electrons. The molecule has 0 aliphatic carbocycles. The van der Waals surface area contributed by atoms with E-state index in [-0.39, 0.29) is 6.10 Å². The number of rotatable bonds is 8. The maximum Gasteiger partial charge on any atom is 0.225 e. The highest BCUT2D eigenvalue weighted by atomic mass is 32.2. The molecular formula is C29H37N5O3S. The summed E-state index contributed by atoms with van der Waals surface area (Å²) in [4.78, 5) is 13.7. The standard InChI is InChI=1S/C29H37N5O3S/c1-3-23-20-30-29(31-21-23)33-13-11-26(12-14-33)37-28-10-9-24(19-27(28)25-7-5-4-6-8-25)22-32-15-17-34(18-16-32)38(2,35)36/h4-10,19-21,26H,3,11-18,22H2,1-2H3. The van der Waals surface area contributed by atoms with E-state index in [9.17, 15) is 8.42 Å². The van der Waals surface area contributed by atoms with E-state index in [0.717, 1.165) is 80.4 Å². The third-order valence-electron chi connectivity index (χ3n) is 7.45. The Bertz CT molecular complexity index is 1300. The Labute approximate surface area is 226 Å². The van der Waals surface area contributed by atoms with Gasteiger partial charge in [0.1, 0.15) is 11.9 Å². The van der Waals surface area contributed by atoms with Crippen LogP contribution in [0.2, 0.25) is 0 Å². The molecule has 0 spiro atoms. The molecule has 2 aliphatic rings. The quantitative estimate of drug-likeness (QED) is 0.434. The number of sulfonamides is 1. The number of piperidine rings is 1. The number of aryl methyl sites for hydroxylation is 1. The summed E-state index contributed by atoms with van der Waals surface area (Å²) in [5.41, 5.74) is 4.58. The first-order valence-electron chi connectivity index (χ1n) is 13.5. The predicted molar refractivity (Wildman–Crippen MR) is 151 cm³/mol. The molecule has 0 bridgehead atoms. The molecular weight excluding hydrogens is 498 g/mol. The number of piperazine rings is 1. The molecule has 9 heteroatoms. The molecule has 3 heterocycles. The molecule has 5 rings (SSSR count). The highest BCUT2D eigenvalue weighted by Crippen LogP contribution is 2.33. The molecule has 38 heavy (non-hydrogen) atoms. The summed E-state index contributed by atoms with van der Waals surface area (Å²) >= 11 is 0. The highest BCUT2D eigenvalue weighted by molar-refractivity contribution is 7.88. The van der Waals surface area contributed by atoms with E-state index in [1.807, 2.05) is 18.5 Å². The van der Waals surface area contributed by atoms with Crippen molar-refractivity contribution in [2.45, 2.75) is 38.8 Å². The van der Waals surface area contributed by atoms with Crippen LogP contribution in [0, 0.1) is 0 Å². The Morgan fingerprint density at radius 3 is 2.21 bits per heavy atom. The third-order valence-corrected chi connectivity index (χ3v) is 8.76. The topological polar surface area (TPSA) is 78.9 Å². The summed E-state index contributed by atoms with van der Waals surface area (Å²) in [6.07, 6.45) is 8.04. The van der Waals surface area contributed by atoms with Gasteiger partial charge in [-0.2, -0.15) is 4.31 Å². The fourth-order valence-corrected chi connectivity index (χ4v) is 5.97. The van der Waals surface area contributed by atoms with Gasteiger partial charge in [0, 0.05) is 76.6 Å². The lowest BCUT2D eigenvalue weighted by Crippen LogP contribution is -2.47. The minimum absolute atomic E-state index is 0.138. The van der Waals surface area contributed by atoms with Crippen molar-refractivity contribution in [1.29, 1.82) is 0 Å². The molecule has 1 aromatic heterocycles. The van der Waals surface area contributed by atoms with Gasteiger partial charge in [-0.05, 0) is 35.2 Å². The maximum atomic E-state index is 11.9. The second-order valence-electron chi connectivity index (χ2n) is 10.2. The number of nitrogens with zero attached hydrogens (tertiary/aromatic N) is 5. The minimum Gasteiger partial charge on any atom is -0.490 e. The van der Waals surface area contributed by atoms with Crippen molar-refractivity contribution in [3.8, 4) is 16.9 Å². The van der Waals surface area contributed by atoms with E-state index in [1.165, 1.54) is 11.8 Å². The fourth-order valence-electron chi connectivity index (χ4n) is 5.15. The fraction of sp³-hybridized carbons (Fsp3) is 0.448. The van der Waals surface area contributed by atoms with Crippen LogP contribution in [-0.4, -0.2) is 79.2 Å². The van der Waals surface area contributed by atoms with Gasteiger partial charge in [-0.1, -0.05) is 43.3 Å². The Morgan fingerprint density at radius 2 is 1.58 bits per heavy atom. The molecule has 0 radical (unpaired) electrons. The molecule has 3 aromatic rings. The van der Waals surface area contributed by atoms with Crippen LogP contribution >= 0.6 is 0 Å². The van der Waals surface area contributed by atoms with E-state index in [2.05, 4.69) is 69.2 Å². The van der Waals surface area contributed by atoms with Crippen LogP contribution in [0.15, 0.2) is 60.9 Å². The summed E-state index contributed by atoms with van der Waals surface area (Å²) in [7, 11) is -3.13. The Morgan fingerprint density at radius 1 is 0.895 bits per heavy atom. The van der Waals surface area contributed by atoms with Gasteiger partial charge < -0.3 is 9.64 Å². The van der Waals surface area contributed by atoms with Crippen molar-refractivity contribution in [3.63, 3.8) is 0 Å². The van der Waals surface area contributed by atoms with Crippen molar-refractivity contribution < 1.29 is 13.2 Å². The van der Waals surface area contributed by atoms with Gasteiger partial charge in [0.2, 0.25) is 16.0 Å². The average molecular weight is 536 g/mol. The first-order valence-corrected chi connectivity index (χ1v) is 15.3. The molecule has 0 N–H and O–H groups in total. The molecule has 0 unspecified atom stereocenters. The summed E-state index contributed by atoms with van der Waals surface area (Å²) in [5, 5.41) is 0. The van der Waals surface area contributed by atoms with Crippen LogP contribution in [0.1, 0.15) is 30.9 Å². The lowest BCUT2D eigenvalue weighted by Gasteiger charge is -2.33. The van der Waals surface area contributed by atoms with Crippen molar-refractivity contribution in [1.82, 2.24) is 19.2 Å². The molecule has 0 saturated carbocycles. The van der Waals surface area contributed by atoms with Crippen LogP contribution in [0.4, 0.5) is 5.95 Å². The Hall–Kier alpha value is -3.01. The van der Waals surface area contributed by atoms with Gasteiger partial charge in [0.15, 0.2) is 0 Å². The number of hydrogen-bond acceptors (Lipinski definition) is 7. The van der Waals surface area contributed by atoms with Gasteiger partial charge in [-0.15, -0.1) is 0 Å². The zero-order valence-corrected chi connectivity index (χ0v) is 23.1. The zero-order chi connectivity index (χ0) is 26.5. The van der Waals surface area contributed by atoms with Gasteiger partial charge in [0.05, 0.1) is 6.26 Å². The first-order chi connectivity index (χ1) is 18.4. The normalized spacial score (nSPS) is 18.0. The van der Waals surface area contributed by atoms with Crippen LogP contribution in [-0.2, 0) is 23.0 Å². The summed E-state index contributed by atoms with van der Waals surface area (Å²) in [6, 6.07) is 16.8. The van der Waals surface area contributed by atoms with Gasteiger partial charge in [-0.25, -0.2) is 18.4 Å². The second kappa shape index (κ2) is 11.8. The molecule has 2 aromatic carbocycles. The van der Waals surface area contributed by atoms with Crippen molar-refractivity contribution in [3.05, 3.63) is 72.1 Å². The number of hydrogen-bond donors (Lipinski definition) is 0. The van der Waals surface area contributed by atoms with Gasteiger partial charge in [0.25, 0.3) is 0 Å². The van der Waals surface area contributed by atoms with E-state index >= 15 is 0 Å². The van der Waals surface area contributed by atoms with E-state index < -0.39 is 10.0 Å². The van der Waals surface area contributed by atoms with Gasteiger partial charge in [-0.3, -0.25) is 4.90 Å². The first kappa shape index (κ1) is 26.6. The number of aromatic nitrogens is 2. The van der Waals surface area contributed by atoms with Crippen molar-refractivity contribution in [2.24, 2.45) is 0 Å². The monoisotopic (exact) mass is 535 g/mol. The molecule has 8 nitrogen and oxygen atoms in total. The van der Waals surface area contributed by atoms with Crippen LogP contribution in [0.25, 0.3) is 11.1 Å². The number of anilines is 1. The molecule has 0 atom stereocenters. The smallest absolute Gasteiger partial charge is 0.225 e. The maximum absolute atomic E-state index is 11.9. The summed E-state index contributed by atoms with van der Waals surface area (Å²) < 4.78 is 31.9. The molecule has 0 amide bonds. The molecule has 2 fully saturated rings. The Kier molecular flexibility index (Phi) is 8.26. The zero-order valence-electron chi connectivity index (χ0n) is 22.3. The van der Waals surface area contributed by atoms with Crippen molar-refractivity contribution in [2.75, 3.05) is 50.4 Å². The number of ether oxygens (including phenoxy) is 1. The van der Waals surface area contributed by atoms with Crippen LogP contribution < -0.4 is 9.64 Å². The lowest BCUT2D eigenvalue weighted by atomic mass is 10.0. The Balaban J connectivity index is 1.25.